The van der Waals surface area contributed by atoms with Crippen LogP contribution in [0.2, 0.25) is 0 Å². The first-order chi connectivity index (χ1) is 11.2. The van der Waals surface area contributed by atoms with Gasteiger partial charge in [-0.1, -0.05) is 5.92 Å². The minimum Gasteiger partial charge on any atom is -0.359 e. The molecule has 0 saturated carbocycles. The fourth-order valence-electron chi connectivity index (χ4n) is 2.79. The van der Waals surface area contributed by atoms with E-state index in [1.165, 1.54) is 4.57 Å². The van der Waals surface area contributed by atoms with Crippen molar-refractivity contribution in [2.45, 2.75) is 13.5 Å². The highest BCUT2D eigenvalue weighted by Gasteiger charge is 2.22. The molecular formula is C15H21N7O. The van der Waals surface area contributed by atoms with Crippen molar-refractivity contribution in [3.63, 3.8) is 0 Å². The van der Waals surface area contributed by atoms with Crippen LogP contribution < -0.4 is 21.1 Å². The topological polar surface area (TPSA) is 80.0 Å². The summed E-state index contributed by atoms with van der Waals surface area (Å²) in [5.41, 5.74) is 0.845. The first-order valence-electron chi connectivity index (χ1n) is 7.67. The number of aromatic nitrogens is 4. The van der Waals surface area contributed by atoms with E-state index in [4.69, 9.17) is 0 Å². The maximum Gasteiger partial charge on any atom is 0.281 e. The molecule has 3 heterocycles. The number of nitrogens with zero attached hydrogens (tertiary/aromatic N) is 5. The molecule has 0 spiro atoms. The highest BCUT2D eigenvalue weighted by Crippen LogP contribution is 2.20. The standard InChI is InChI=1S/C15H21N7O/c1-4-5-8-22-11-12(18-14(16-2)20(3)13(11)23)19-15(22)21-9-6-17-7-10-21/h17H,6-10H2,1-3H3,(H,16,18). The van der Waals surface area contributed by atoms with Gasteiger partial charge in [-0.2, -0.15) is 9.97 Å². The third-order valence-electron chi connectivity index (χ3n) is 4.00. The first kappa shape index (κ1) is 15.4. The molecular weight excluding hydrogens is 294 g/mol. The Hall–Kier alpha value is -2.53. The van der Waals surface area contributed by atoms with E-state index in [1.54, 1.807) is 21.0 Å². The number of nitrogens with one attached hydrogen (secondary N) is 2. The minimum atomic E-state index is -0.119. The molecule has 0 unspecified atom stereocenters. The first-order valence-corrected chi connectivity index (χ1v) is 7.67. The van der Waals surface area contributed by atoms with E-state index in [9.17, 15) is 4.79 Å². The van der Waals surface area contributed by atoms with Gasteiger partial charge in [0.15, 0.2) is 11.2 Å². The fourth-order valence-corrected chi connectivity index (χ4v) is 2.79. The molecule has 2 aromatic heterocycles. The van der Waals surface area contributed by atoms with Crippen LogP contribution >= 0.6 is 0 Å². The number of hydrogen-bond donors (Lipinski definition) is 2. The molecule has 1 aliphatic rings. The highest BCUT2D eigenvalue weighted by molar-refractivity contribution is 5.75. The second-order valence-corrected chi connectivity index (χ2v) is 5.38. The Bertz CT molecular complexity index is 833. The van der Waals surface area contributed by atoms with Gasteiger partial charge in [-0.3, -0.25) is 13.9 Å². The SMILES string of the molecule is CC#CCn1c(N2CCNCC2)nc2nc(NC)n(C)c(=O)c21. The number of fused-ring (bicyclic) bond motifs is 1. The van der Waals surface area contributed by atoms with Crippen LogP contribution in [-0.2, 0) is 13.6 Å². The van der Waals surface area contributed by atoms with Crippen molar-refractivity contribution in [1.29, 1.82) is 0 Å². The predicted molar refractivity (Wildman–Crippen MR) is 90.8 cm³/mol. The predicted octanol–water partition coefficient (Wildman–Crippen LogP) is -0.395. The normalized spacial score (nSPS) is 14.7. The Labute approximate surface area is 134 Å². The number of piperazine rings is 1. The molecule has 2 N–H and O–H groups in total. The third kappa shape index (κ3) is 2.64. The van der Waals surface area contributed by atoms with Gasteiger partial charge in [0.1, 0.15) is 0 Å². The van der Waals surface area contributed by atoms with Crippen molar-refractivity contribution in [2.24, 2.45) is 7.05 Å². The molecule has 0 aromatic carbocycles. The summed E-state index contributed by atoms with van der Waals surface area (Å²) in [6.45, 7) is 5.72. The zero-order valence-electron chi connectivity index (χ0n) is 13.7. The lowest BCUT2D eigenvalue weighted by Gasteiger charge is -2.28. The number of imidazole rings is 1. The van der Waals surface area contributed by atoms with Crippen LogP contribution in [0.1, 0.15) is 6.92 Å². The highest BCUT2D eigenvalue weighted by atomic mass is 16.1. The second kappa shape index (κ2) is 6.30. The van der Waals surface area contributed by atoms with Gasteiger partial charge in [-0.05, 0) is 6.92 Å². The maximum atomic E-state index is 12.7. The van der Waals surface area contributed by atoms with E-state index in [2.05, 4.69) is 37.3 Å². The second-order valence-electron chi connectivity index (χ2n) is 5.38. The smallest absolute Gasteiger partial charge is 0.281 e. The Morgan fingerprint density at radius 1 is 1.30 bits per heavy atom. The van der Waals surface area contributed by atoms with Gasteiger partial charge >= 0.3 is 0 Å². The summed E-state index contributed by atoms with van der Waals surface area (Å²) in [5.74, 6) is 7.19. The molecule has 3 rings (SSSR count). The molecule has 23 heavy (non-hydrogen) atoms. The monoisotopic (exact) mass is 315 g/mol. The number of rotatable bonds is 3. The maximum absolute atomic E-state index is 12.7. The van der Waals surface area contributed by atoms with Crippen molar-refractivity contribution in [3.8, 4) is 11.8 Å². The van der Waals surface area contributed by atoms with Crippen molar-refractivity contribution in [3.05, 3.63) is 10.4 Å². The van der Waals surface area contributed by atoms with Crippen molar-refractivity contribution >= 4 is 23.1 Å². The molecule has 8 nitrogen and oxygen atoms in total. The lowest BCUT2D eigenvalue weighted by molar-refractivity contribution is 0.573. The van der Waals surface area contributed by atoms with E-state index in [0.717, 1.165) is 32.1 Å². The molecule has 1 fully saturated rings. The quantitative estimate of drug-likeness (QED) is 0.751. The fraction of sp³-hybridized carbons (Fsp3) is 0.533. The van der Waals surface area contributed by atoms with E-state index >= 15 is 0 Å². The van der Waals surface area contributed by atoms with Crippen molar-refractivity contribution in [1.82, 2.24) is 24.4 Å². The zero-order valence-corrected chi connectivity index (χ0v) is 13.7. The van der Waals surface area contributed by atoms with Crippen LogP contribution in [0.3, 0.4) is 0 Å². The molecule has 2 aromatic rings. The van der Waals surface area contributed by atoms with Gasteiger partial charge in [0.05, 0.1) is 6.54 Å². The summed E-state index contributed by atoms with van der Waals surface area (Å²) in [6.07, 6.45) is 0. The van der Waals surface area contributed by atoms with E-state index in [1.807, 2.05) is 4.57 Å². The molecule has 0 atom stereocenters. The Morgan fingerprint density at radius 2 is 2.04 bits per heavy atom. The molecule has 1 aliphatic heterocycles. The van der Waals surface area contributed by atoms with Crippen LogP contribution in [0.4, 0.5) is 11.9 Å². The van der Waals surface area contributed by atoms with Crippen molar-refractivity contribution in [2.75, 3.05) is 43.4 Å². The van der Waals surface area contributed by atoms with Gasteiger partial charge in [0.25, 0.3) is 5.56 Å². The minimum absolute atomic E-state index is 0.119. The molecule has 0 aliphatic carbocycles. The summed E-state index contributed by atoms with van der Waals surface area (Å²) < 4.78 is 3.38. The van der Waals surface area contributed by atoms with Crippen LogP contribution in [-0.4, -0.2) is 52.3 Å². The lowest BCUT2D eigenvalue weighted by Crippen LogP contribution is -2.44. The third-order valence-corrected chi connectivity index (χ3v) is 4.00. The summed E-state index contributed by atoms with van der Waals surface area (Å²) in [4.78, 5) is 24.0. The van der Waals surface area contributed by atoms with E-state index in [0.29, 0.717) is 23.7 Å². The number of anilines is 2. The Morgan fingerprint density at radius 3 is 2.70 bits per heavy atom. The van der Waals surface area contributed by atoms with Crippen molar-refractivity contribution < 1.29 is 0 Å². The van der Waals surface area contributed by atoms with Gasteiger partial charge in [-0.15, -0.1) is 5.92 Å². The summed E-state index contributed by atoms with van der Waals surface area (Å²) >= 11 is 0. The Kier molecular flexibility index (Phi) is 4.21. The van der Waals surface area contributed by atoms with Crippen LogP contribution in [0.15, 0.2) is 4.79 Å². The van der Waals surface area contributed by atoms with Crippen LogP contribution in [0, 0.1) is 11.8 Å². The molecule has 0 bridgehead atoms. The average molecular weight is 315 g/mol. The molecule has 8 heteroatoms. The van der Waals surface area contributed by atoms with Gasteiger partial charge in [-0.25, -0.2) is 0 Å². The summed E-state index contributed by atoms with van der Waals surface area (Å²) in [5, 5.41) is 6.25. The van der Waals surface area contributed by atoms with Gasteiger partial charge < -0.3 is 15.5 Å². The average Bonchev–Trinajstić information content (AvgIpc) is 2.95. The lowest BCUT2D eigenvalue weighted by atomic mass is 10.4. The van der Waals surface area contributed by atoms with Gasteiger partial charge in [0.2, 0.25) is 11.9 Å². The van der Waals surface area contributed by atoms with Gasteiger partial charge in [0, 0.05) is 40.3 Å². The molecule has 122 valence electrons. The summed E-state index contributed by atoms with van der Waals surface area (Å²) in [6, 6.07) is 0. The Balaban J connectivity index is 2.23. The molecule has 1 saturated heterocycles. The molecule has 0 radical (unpaired) electrons. The van der Waals surface area contributed by atoms with Crippen LogP contribution in [0.25, 0.3) is 11.2 Å². The largest absolute Gasteiger partial charge is 0.359 e. The number of hydrogen-bond acceptors (Lipinski definition) is 6. The molecule has 0 amide bonds. The van der Waals surface area contributed by atoms with E-state index < -0.39 is 0 Å². The summed E-state index contributed by atoms with van der Waals surface area (Å²) in [7, 11) is 3.44. The van der Waals surface area contributed by atoms with E-state index in [-0.39, 0.29) is 5.56 Å². The zero-order chi connectivity index (χ0) is 16.4. The van der Waals surface area contributed by atoms with Crippen LogP contribution in [0.5, 0.6) is 0 Å².